The maximum atomic E-state index is 14.2. The van der Waals surface area contributed by atoms with Gasteiger partial charge >= 0.3 is 0 Å². The van der Waals surface area contributed by atoms with Gasteiger partial charge in [0.2, 0.25) is 0 Å². The Hall–Kier alpha value is -1.94. The SMILES string of the molecule is COc1ccc(-c2ccc(CNC(C)C)cc2F)c(F)c1. The molecule has 0 radical (unpaired) electrons. The van der Waals surface area contributed by atoms with Gasteiger partial charge < -0.3 is 10.1 Å². The molecule has 1 N–H and O–H groups in total. The van der Waals surface area contributed by atoms with E-state index in [1.54, 1.807) is 18.2 Å². The number of nitrogens with one attached hydrogen (secondary N) is 1. The van der Waals surface area contributed by atoms with Gasteiger partial charge in [0.25, 0.3) is 0 Å². The third-order valence-corrected chi connectivity index (χ3v) is 3.21. The predicted octanol–water partition coefficient (Wildman–Crippen LogP) is 4.14. The van der Waals surface area contributed by atoms with E-state index in [9.17, 15) is 8.78 Å². The van der Waals surface area contributed by atoms with Crippen molar-refractivity contribution >= 4 is 0 Å². The fraction of sp³-hybridized carbons (Fsp3) is 0.294. The maximum Gasteiger partial charge on any atom is 0.134 e. The minimum atomic E-state index is -0.499. The van der Waals surface area contributed by atoms with Crippen molar-refractivity contribution in [2.75, 3.05) is 7.11 Å². The molecular weight excluding hydrogens is 272 g/mol. The Balaban J connectivity index is 2.28. The Morgan fingerprint density at radius 3 is 2.14 bits per heavy atom. The summed E-state index contributed by atoms with van der Waals surface area (Å²) >= 11 is 0. The number of methoxy groups -OCH3 is 1. The zero-order valence-corrected chi connectivity index (χ0v) is 12.4. The average molecular weight is 291 g/mol. The van der Waals surface area contributed by atoms with Crippen molar-refractivity contribution in [3.8, 4) is 16.9 Å². The van der Waals surface area contributed by atoms with Crippen LogP contribution in [0.5, 0.6) is 5.75 Å². The Morgan fingerprint density at radius 1 is 1.00 bits per heavy atom. The average Bonchev–Trinajstić information content (AvgIpc) is 2.45. The van der Waals surface area contributed by atoms with E-state index in [1.165, 1.54) is 25.3 Å². The van der Waals surface area contributed by atoms with Gasteiger partial charge in [-0.1, -0.05) is 26.0 Å². The summed E-state index contributed by atoms with van der Waals surface area (Å²) in [7, 11) is 1.46. The molecule has 0 spiro atoms. The molecule has 0 unspecified atom stereocenters. The van der Waals surface area contributed by atoms with Crippen LogP contribution in [0.25, 0.3) is 11.1 Å². The van der Waals surface area contributed by atoms with E-state index in [0.29, 0.717) is 18.3 Å². The number of rotatable bonds is 5. The molecule has 0 aliphatic rings. The van der Waals surface area contributed by atoms with Crippen molar-refractivity contribution in [1.82, 2.24) is 5.32 Å². The van der Waals surface area contributed by atoms with Crippen LogP contribution in [0.1, 0.15) is 19.4 Å². The minimum absolute atomic E-state index is 0.233. The second-order valence-corrected chi connectivity index (χ2v) is 5.20. The largest absolute Gasteiger partial charge is 0.497 e. The molecule has 0 aliphatic carbocycles. The lowest BCUT2D eigenvalue weighted by molar-refractivity contribution is 0.411. The second-order valence-electron chi connectivity index (χ2n) is 5.20. The van der Waals surface area contributed by atoms with Gasteiger partial charge in [-0.25, -0.2) is 8.78 Å². The van der Waals surface area contributed by atoms with Gasteiger partial charge in [0.15, 0.2) is 0 Å². The molecule has 0 bridgehead atoms. The highest BCUT2D eigenvalue weighted by Gasteiger charge is 2.11. The lowest BCUT2D eigenvalue weighted by Gasteiger charge is -2.11. The van der Waals surface area contributed by atoms with Crippen molar-refractivity contribution < 1.29 is 13.5 Å². The van der Waals surface area contributed by atoms with E-state index < -0.39 is 11.6 Å². The molecule has 21 heavy (non-hydrogen) atoms. The topological polar surface area (TPSA) is 21.3 Å². The molecule has 2 nitrogen and oxygen atoms in total. The zero-order valence-electron chi connectivity index (χ0n) is 12.4. The van der Waals surface area contributed by atoms with Crippen LogP contribution in [0.4, 0.5) is 8.78 Å². The molecule has 0 fully saturated rings. The van der Waals surface area contributed by atoms with E-state index in [0.717, 1.165) is 5.56 Å². The summed E-state index contributed by atoms with van der Waals surface area (Å²) in [6, 6.07) is 9.57. The van der Waals surface area contributed by atoms with Crippen LogP contribution in [0.3, 0.4) is 0 Å². The molecule has 112 valence electrons. The Kier molecular flexibility index (Phi) is 4.91. The van der Waals surface area contributed by atoms with Gasteiger partial charge in [0, 0.05) is 29.8 Å². The van der Waals surface area contributed by atoms with Crippen LogP contribution in [-0.2, 0) is 6.54 Å². The first-order chi connectivity index (χ1) is 10.0. The summed E-state index contributed by atoms with van der Waals surface area (Å²) in [5, 5.41) is 3.22. The number of benzene rings is 2. The Labute approximate surface area is 123 Å². The van der Waals surface area contributed by atoms with Gasteiger partial charge in [0.05, 0.1) is 7.11 Å². The van der Waals surface area contributed by atoms with Crippen molar-refractivity contribution in [3.63, 3.8) is 0 Å². The fourth-order valence-corrected chi connectivity index (χ4v) is 2.05. The van der Waals surface area contributed by atoms with E-state index in [2.05, 4.69) is 5.32 Å². The lowest BCUT2D eigenvalue weighted by atomic mass is 10.0. The number of hydrogen-bond donors (Lipinski definition) is 1. The summed E-state index contributed by atoms with van der Waals surface area (Å²) in [5.41, 5.74) is 1.32. The predicted molar refractivity (Wildman–Crippen MR) is 80.3 cm³/mol. The standard InChI is InChI=1S/C17H19F2NO/c1-11(2)20-10-12-4-6-14(16(18)8-12)15-7-5-13(21-3)9-17(15)19/h4-9,11,20H,10H2,1-3H3. The van der Waals surface area contributed by atoms with E-state index in [1.807, 2.05) is 13.8 Å². The summed E-state index contributed by atoms with van der Waals surface area (Å²) < 4.78 is 33.1. The first kappa shape index (κ1) is 15.4. The molecule has 2 aromatic carbocycles. The molecule has 2 rings (SSSR count). The second kappa shape index (κ2) is 6.68. The van der Waals surface area contributed by atoms with Crippen molar-refractivity contribution in [2.45, 2.75) is 26.4 Å². The zero-order chi connectivity index (χ0) is 15.4. The van der Waals surface area contributed by atoms with Crippen molar-refractivity contribution in [1.29, 1.82) is 0 Å². The van der Waals surface area contributed by atoms with Crippen molar-refractivity contribution in [2.24, 2.45) is 0 Å². The first-order valence-electron chi connectivity index (χ1n) is 6.87. The van der Waals surface area contributed by atoms with Crippen LogP contribution in [-0.4, -0.2) is 13.2 Å². The van der Waals surface area contributed by atoms with Gasteiger partial charge in [0.1, 0.15) is 17.4 Å². The summed E-state index contributed by atoms with van der Waals surface area (Å²) in [6.07, 6.45) is 0. The van der Waals surface area contributed by atoms with Gasteiger partial charge in [-0.3, -0.25) is 0 Å². The molecule has 2 aromatic rings. The smallest absolute Gasteiger partial charge is 0.134 e. The minimum Gasteiger partial charge on any atom is -0.497 e. The highest BCUT2D eigenvalue weighted by Crippen LogP contribution is 2.28. The first-order valence-corrected chi connectivity index (χ1v) is 6.87. The summed E-state index contributed by atoms with van der Waals surface area (Å²) in [4.78, 5) is 0. The molecule has 4 heteroatoms. The molecule has 0 heterocycles. The third-order valence-electron chi connectivity index (χ3n) is 3.21. The van der Waals surface area contributed by atoms with Gasteiger partial charge in [-0.2, -0.15) is 0 Å². The summed E-state index contributed by atoms with van der Waals surface area (Å²) in [5.74, 6) is -0.516. The molecular formula is C17H19F2NO. The van der Waals surface area contributed by atoms with Crippen molar-refractivity contribution in [3.05, 3.63) is 53.6 Å². The molecule has 0 atom stereocenters. The molecule has 0 aliphatic heterocycles. The number of ether oxygens (including phenoxy) is 1. The highest BCUT2D eigenvalue weighted by atomic mass is 19.1. The van der Waals surface area contributed by atoms with Gasteiger partial charge in [-0.15, -0.1) is 0 Å². The van der Waals surface area contributed by atoms with E-state index in [4.69, 9.17) is 4.74 Å². The summed E-state index contributed by atoms with van der Waals surface area (Å²) in [6.45, 7) is 4.63. The van der Waals surface area contributed by atoms with E-state index in [-0.39, 0.29) is 11.1 Å². The Morgan fingerprint density at radius 2 is 1.62 bits per heavy atom. The lowest BCUT2D eigenvalue weighted by Crippen LogP contribution is -2.21. The third kappa shape index (κ3) is 3.79. The van der Waals surface area contributed by atoms with Crippen LogP contribution in [0.15, 0.2) is 36.4 Å². The quantitative estimate of drug-likeness (QED) is 0.894. The molecule has 0 saturated carbocycles. The Bertz CT molecular complexity index is 626. The van der Waals surface area contributed by atoms with Crippen LogP contribution < -0.4 is 10.1 Å². The van der Waals surface area contributed by atoms with Gasteiger partial charge in [-0.05, 0) is 23.8 Å². The normalized spacial score (nSPS) is 11.0. The fourth-order valence-electron chi connectivity index (χ4n) is 2.05. The van der Waals surface area contributed by atoms with Crippen LogP contribution in [0, 0.1) is 11.6 Å². The molecule has 0 amide bonds. The van der Waals surface area contributed by atoms with Crippen LogP contribution >= 0.6 is 0 Å². The molecule has 0 saturated heterocycles. The maximum absolute atomic E-state index is 14.2. The van der Waals surface area contributed by atoms with Crippen LogP contribution in [0.2, 0.25) is 0 Å². The molecule has 0 aromatic heterocycles. The monoisotopic (exact) mass is 291 g/mol. The highest BCUT2D eigenvalue weighted by molar-refractivity contribution is 5.66. The number of hydrogen-bond acceptors (Lipinski definition) is 2. The van der Waals surface area contributed by atoms with E-state index >= 15 is 0 Å². The number of halogens is 2.